The Bertz CT molecular complexity index is 380. The molecule has 0 saturated heterocycles. The molecule has 0 radical (unpaired) electrons. The number of carbonyl (C=O) groups is 1. The number of nitrogens with zero attached hydrogens (tertiary/aromatic N) is 3. The second-order valence-electron chi connectivity index (χ2n) is 4.75. The summed E-state index contributed by atoms with van der Waals surface area (Å²) in [6.45, 7) is 2.76. The fourth-order valence-corrected chi connectivity index (χ4v) is 2.43. The zero-order valence-electron chi connectivity index (χ0n) is 10.3. The van der Waals surface area contributed by atoms with Crippen LogP contribution in [0, 0.1) is 5.92 Å². The van der Waals surface area contributed by atoms with E-state index in [4.69, 9.17) is 5.73 Å². The highest BCUT2D eigenvalue weighted by atomic mass is 16.1. The molecule has 0 unspecified atom stereocenters. The van der Waals surface area contributed by atoms with Crippen LogP contribution in [0.1, 0.15) is 38.4 Å². The largest absolute Gasteiger partial charge is 0.328 e. The fourth-order valence-electron chi connectivity index (χ4n) is 2.43. The summed E-state index contributed by atoms with van der Waals surface area (Å²) in [5.74, 6) is 1.25. The van der Waals surface area contributed by atoms with E-state index in [1.54, 1.807) is 4.68 Å². The minimum atomic E-state index is 0.178. The van der Waals surface area contributed by atoms with Crippen LogP contribution in [0.15, 0.2) is 6.33 Å². The van der Waals surface area contributed by atoms with Gasteiger partial charge >= 0.3 is 0 Å². The zero-order chi connectivity index (χ0) is 12.3. The molecule has 1 heterocycles. The van der Waals surface area contributed by atoms with Gasteiger partial charge in [-0.25, -0.2) is 9.67 Å². The molecule has 1 aliphatic carbocycles. The molecule has 1 fully saturated rings. The molecule has 1 aromatic rings. The number of rotatable bonds is 4. The summed E-state index contributed by atoms with van der Waals surface area (Å²) in [6.07, 6.45) is 5.73. The van der Waals surface area contributed by atoms with Crippen molar-refractivity contribution in [3.8, 4) is 0 Å². The maximum Gasteiger partial charge on any atom is 0.143 e. The fraction of sp³-hybridized carbons (Fsp3) is 0.750. The maximum absolute atomic E-state index is 12.1. The molecule has 0 spiro atoms. The molecule has 0 aliphatic heterocycles. The third-order valence-corrected chi connectivity index (χ3v) is 3.55. The number of carbonyl (C=O) groups excluding carboxylic acids is 1. The molecule has 17 heavy (non-hydrogen) atoms. The molecule has 0 bridgehead atoms. The molecule has 2 N–H and O–H groups in total. The van der Waals surface area contributed by atoms with Crippen molar-refractivity contribution in [2.75, 3.05) is 0 Å². The molecule has 1 saturated carbocycles. The first kappa shape index (κ1) is 12.2. The monoisotopic (exact) mass is 236 g/mol. The second-order valence-corrected chi connectivity index (χ2v) is 4.75. The first-order chi connectivity index (χ1) is 8.20. The van der Waals surface area contributed by atoms with Gasteiger partial charge in [0.15, 0.2) is 0 Å². The minimum absolute atomic E-state index is 0.178. The summed E-state index contributed by atoms with van der Waals surface area (Å²) in [5.41, 5.74) is 5.84. The third kappa shape index (κ3) is 2.91. The summed E-state index contributed by atoms with van der Waals surface area (Å²) in [4.78, 5) is 16.3. The lowest BCUT2D eigenvalue weighted by atomic mass is 9.83. The van der Waals surface area contributed by atoms with Gasteiger partial charge in [0.25, 0.3) is 0 Å². The van der Waals surface area contributed by atoms with E-state index in [9.17, 15) is 4.79 Å². The van der Waals surface area contributed by atoms with E-state index in [1.807, 2.05) is 6.92 Å². The van der Waals surface area contributed by atoms with E-state index in [0.717, 1.165) is 38.1 Å². The van der Waals surface area contributed by atoms with Crippen molar-refractivity contribution in [3.05, 3.63) is 12.2 Å². The normalized spacial score (nSPS) is 24.8. The predicted molar refractivity (Wildman–Crippen MR) is 64.3 cm³/mol. The van der Waals surface area contributed by atoms with E-state index < -0.39 is 0 Å². The molecule has 0 aromatic carbocycles. The van der Waals surface area contributed by atoms with Gasteiger partial charge in [-0.15, -0.1) is 0 Å². The number of aromatic nitrogens is 3. The van der Waals surface area contributed by atoms with E-state index in [2.05, 4.69) is 10.1 Å². The lowest BCUT2D eigenvalue weighted by Gasteiger charge is -2.24. The summed E-state index contributed by atoms with van der Waals surface area (Å²) < 4.78 is 1.78. The average molecular weight is 236 g/mol. The Hall–Kier alpha value is -1.23. The predicted octanol–water partition coefficient (Wildman–Crippen LogP) is 0.927. The number of ketones is 1. The van der Waals surface area contributed by atoms with Crippen molar-refractivity contribution < 1.29 is 4.79 Å². The van der Waals surface area contributed by atoms with Gasteiger partial charge in [0.05, 0.1) is 6.42 Å². The number of nitrogens with two attached hydrogens (primary N) is 1. The molecular weight excluding hydrogens is 216 g/mol. The van der Waals surface area contributed by atoms with Crippen molar-refractivity contribution in [2.45, 2.75) is 51.6 Å². The van der Waals surface area contributed by atoms with E-state index in [1.165, 1.54) is 6.33 Å². The average Bonchev–Trinajstić information content (AvgIpc) is 2.77. The Morgan fingerprint density at radius 3 is 2.82 bits per heavy atom. The highest BCUT2D eigenvalue weighted by Crippen LogP contribution is 2.24. The van der Waals surface area contributed by atoms with Crippen LogP contribution in [0.25, 0.3) is 0 Å². The van der Waals surface area contributed by atoms with E-state index >= 15 is 0 Å². The lowest BCUT2D eigenvalue weighted by Crippen LogP contribution is -2.30. The minimum Gasteiger partial charge on any atom is -0.328 e. The Balaban J connectivity index is 1.93. The lowest BCUT2D eigenvalue weighted by molar-refractivity contribution is -0.123. The number of hydrogen-bond donors (Lipinski definition) is 1. The van der Waals surface area contributed by atoms with Crippen molar-refractivity contribution in [2.24, 2.45) is 11.7 Å². The molecule has 0 atom stereocenters. The van der Waals surface area contributed by atoms with Gasteiger partial charge in [0.2, 0.25) is 0 Å². The van der Waals surface area contributed by atoms with Gasteiger partial charge in [-0.1, -0.05) is 0 Å². The first-order valence-electron chi connectivity index (χ1n) is 6.35. The number of Topliss-reactive ketones (excluding diaryl/α,β-unsaturated/α-hetero) is 1. The van der Waals surface area contributed by atoms with Gasteiger partial charge < -0.3 is 5.73 Å². The molecule has 94 valence electrons. The highest BCUT2D eigenvalue weighted by molar-refractivity contribution is 5.82. The Morgan fingerprint density at radius 2 is 2.18 bits per heavy atom. The molecule has 1 aliphatic rings. The van der Waals surface area contributed by atoms with E-state index in [-0.39, 0.29) is 5.92 Å². The highest BCUT2D eigenvalue weighted by Gasteiger charge is 2.25. The Morgan fingerprint density at radius 1 is 1.47 bits per heavy atom. The van der Waals surface area contributed by atoms with Crippen LogP contribution in [-0.2, 0) is 17.8 Å². The second kappa shape index (κ2) is 5.40. The van der Waals surface area contributed by atoms with Crippen LogP contribution in [0.5, 0.6) is 0 Å². The first-order valence-corrected chi connectivity index (χ1v) is 6.35. The molecule has 5 nitrogen and oxygen atoms in total. The van der Waals surface area contributed by atoms with Crippen LogP contribution in [-0.4, -0.2) is 26.6 Å². The number of aryl methyl sites for hydroxylation is 1. The van der Waals surface area contributed by atoms with E-state index in [0.29, 0.717) is 18.2 Å². The van der Waals surface area contributed by atoms with Crippen LogP contribution < -0.4 is 5.73 Å². The third-order valence-electron chi connectivity index (χ3n) is 3.55. The van der Waals surface area contributed by atoms with Crippen LogP contribution in [0.4, 0.5) is 0 Å². The van der Waals surface area contributed by atoms with Crippen molar-refractivity contribution in [3.63, 3.8) is 0 Å². The number of hydrogen-bond acceptors (Lipinski definition) is 4. The Kier molecular flexibility index (Phi) is 3.89. The van der Waals surface area contributed by atoms with Gasteiger partial charge in [-0.2, -0.15) is 5.10 Å². The molecule has 0 amide bonds. The summed E-state index contributed by atoms with van der Waals surface area (Å²) in [6, 6.07) is 0.290. The van der Waals surface area contributed by atoms with Crippen LogP contribution in [0.3, 0.4) is 0 Å². The maximum atomic E-state index is 12.1. The van der Waals surface area contributed by atoms with Crippen molar-refractivity contribution in [1.29, 1.82) is 0 Å². The molecular formula is C12H20N4O. The zero-order valence-corrected chi connectivity index (χ0v) is 10.3. The van der Waals surface area contributed by atoms with Gasteiger partial charge in [-0.05, 0) is 32.6 Å². The van der Waals surface area contributed by atoms with Crippen LogP contribution in [0.2, 0.25) is 0 Å². The molecule has 2 rings (SSSR count). The quantitative estimate of drug-likeness (QED) is 0.844. The molecule has 5 heteroatoms. The standard InChI is InChI=1S/C12H20N4O/c1-2-16-12(14-8-15-16)7-11(17)9-3-5-10(13)6-4-9/h8-10H,2-7,13H2,1H3. The molecule has 1 aromatic heterocycles. The topological polar surface area (TPSA) is 73.8 Å². The van der Waals surface area contributed by atoms with Gasteiger partial charge in [0.1, 0.15) is 17.9 Å². The van der Waals surface area contributed by atoms with Gasteiger partial charge in [0, 0.05) is 18.5 Å². The summed E-state index contributed by atoms with van der Waals surface area (Å²) in [7, 11) is 0. The smallest absolute Gasteiger partial charge is 0.143 e. The van der Waals surface area contributed by atoms with Crippen molar-refractivity contribution in [1.82, 2.24) is 14.8 Å². The van der Waals surface area contributed by atoms with Gasteiger partial charge in [-0.3, -0.25) is 4.79 Å². The van der Waals surface area contributed by atoms with Crippen molar-refractivity contribution >= 4 is 5.78 Å². The SMILES string of the molecule is CCn1ncnc1CC(=O)C1CCC(N)CC1. The Labute approximate surface area is 101 Å². The summed E-state index contributed by atoms with van der Waals surface area (Å²) >= 11 is 0. The summed E-state index contributed by atoms with van der Waals surface area (Å²) in [5, 5.41) is 4.08. The van der Waals surface area contributed by atoms with Crippen LogP contribution >= 0.6 is 0 Å².